The molecule has 25 heavy (non-hydrogen) atoms. The summed E-state index contributed by atoms with van der Waals surface area (Å²) in [5.41, 5.74) is 1.89. The third kappa shape index (κ3) is 5.17. The minimum absolute atomic E-state index is 0.0632. The molecule has 2 aromatic carbocycles. The molecule has 0 saturated heterocycles. The summed E-state index contributed by atoms with van der Waals surface area (Å²) in [6.07, 6.45) is 1.04. The molecule has 1 N–H and O–H groups in total. The number of halogens is 1. The van der Waals surface area contributed by atoms with Crippen LogP contribution in [0.15, 0.2) is 40.9 Å². The molecule has 0 aliphatic rings. The predicted molar refractivity (Wildman–Crippen MR) is 100 cm³/mol. The first-order valence-corrected chi connectivity index (χ1v) is 8.78. The van der Waals surface area contributed by atoms with Crippen molar-refractivity contribution in [3.05, 3.63) is 62.1 Å². The van der Waals surface area contributed by atoms with Gasteiger partial charge in [-0.25, -0.2) is 0 Å². The van der Waals surface area contributed by atoms with Gasteiger partial charge in [0.25, 0.3) is 5.69 Å². The van der Waals surface area contributed by atoms with E-state index in [0.717, 1.165) is 28.6 Å². The van der Waals surface area contributed by atoms with Gasteiger partial charge >= 0.3 is 0 Å². The monoisotopic (exact) mass is 408 g/mol. The SMILES string of the molecule is CCCNCc1c(Br)ccc(OC)c1OCc1ccc([N+](=O)[O-])cc1. The van der Waals surface area contributed by atoms with Gasteiger partial charge in [-0.2, -0.15) is 0 Å². The van der Waals surface area contributed by atoms with Gasteiger partial charge in [-0.3, -0.25) is 10.1 Å². The van der Waals surface area contributed by atoms with E-state index < -0.39 is 4.92 Å². The summed E-state index contributed by atoms with van der Waals surface area (Å²) in [6.45, 7) is 3.97. The Morgan fingerprint density at radius 2 is 1.92 bits per heavy atom. The first-order valence-electron chi connectivity index (χ1n) is 7.99. The van der Waals surface area contributed by atoms with Crippen LogP contribution in [-0.4, -0.2) is 18.6 Å². The summed E-state index contributed by atoms with van der Waals surface area (Å²) in [5.74, 6) is 1.32. The van der Waals surface area contributed by atoms with Crippen LogP contribution in [0, 0.1) is 10.1 Å². The Labute approximate surface area is 155 Å². The Bertz CT molecular complexity index is 720. The fourth-order valence-corrected chi connectivity index (χ4v) is 2.78. The highest BCUT2D eigenvalue weighted by atomic mass is 79.9. The Hall–Kier alpha value is -2.12. The molecule has 0 saturated carbocycles. The Balaban J connectivity index is 2.18. The fourth-order valence-electron chi connectivity index (χ4n) is 2.33. The summed E-state index contributed by atoms with van der Waals surface area (Å²) in [6, 6.07) is 10.1. The van der Waals surface area contributed by atoms with Crippen LogP contribution < -0.4 is 14.8 Å². The molecular formula is C18H21BrN2O4. The number of hydrogen-bond donors (Lipinski definition) is 1. The van der Waals surface area contributed by atoms with Crippen molar-refractivity contribution in [1.29, 1.82) is 0 Å². The van der Waals surface area contributed by atoms with E-state index in [9.17, 15) is 10.1 Å². The van der Waals surface area contributed by atoms with E-state index in [0.29, 0.717) is 24.7 Å². The lowest BCUT2D eigenvalue weighted by Gasteiger charge is -2.17. The number of nitrogens with zero attached hydrogens (tertiary/aromatic N) is 1. The number of benzene rings is 2. The van der Waals surface area contributed by atoms with Crippen LogP contribution in [-0.2, 0) is 13.2 Å². The highest BCUT2D eigenvalue weighted by Crippen LogP contribution is 2.36. The maximum Gasteiger partial charge on any atom is 0.269 e. The van der Waals surface area contributed by atoms with E-state index >= 15 is 0 Å². The normalized spacial score (nSPS) is 10.5. The van der Waals surface area contributed by atoms with Crippen LogP contribution in [0.1, 0.15) is 24.5 Å². The van der Waals surface area contributed by atoms with Gasteiger partial charge < -0.3 is 14.8 Å². The van der Waals surface area contributed by atoms with Crippen molar-refractivity contribution in [3.63, 3.8) is 0 Å². The van der Waals surface area contributed by atoms with E-state index in [4.69, 9.17) is 9.47 Å². The number of non-ortho nitro benzene ring substituents is 1. The minimum Gasteiger partial charge on any atom is -0.493 e. The van der Waals surface area contributed by atoms with Crippen molar-refractivity contribution in [1.82, 2.24) is 5.32 Å². The highest BCUT2D eigenvalue weighted by molar-refractivity contribution is 9.10. The average molecular weight is 409 g/mol. The molecule has 0 spiro atoms. The highest BCUT2D eigenvalue weighted by Gasteiger charge is 2.15. The van der Waals surface area contributed by atoms with E-state index in [1.54, 1.807) is 19.2 Å². The number of nitro groups is 1. The number of nitrogens with one attached hydrogen (secondary N) is 1. The maximum atomic E-state index is 10.7. The smallest absolute Gasteiger partial charge is 0.269 e. The summed E-state index contributed by atoms with van der Waals surface area (Å²) < 4.78 is 12.4. The zero-order valence-electron chi connectivity index (χ0n) is 14.3. The van der Waals surface area contributed by atoms with Crippen molar-refractivity contribution >= 4 is 21.6 Å². The lowest BCUT2D eigenvalue weighted by atomic mass is 10.1. The van der Waals surface area contributed by atoms with Gasteiger partial charge in [0.05, 0.1) is 12.0 Å². The predicted octanol–water partition coefficient (Wildman–Crippen LogP) is 4.44. The van der Waals surface area contributed by atoms with Gasteiger partial charge in [-0.05, 0) is 42.8 Å². The van der Waals surface area contributed by atoms with Crippen LogP contribution >= 0.6 is 15.9 Å². The second-order valence-electron chi connectivity index (χ2n) is 5.45. The van der Waals surface area contributed by atoms with Gasteiger partial charge in [0.15, 0.2) is 11.5 Å². The van der Waals surface area contributed by atoms with E-state index in [1.165, 1.54) is 12.1 Å². The number of methoxy groups -OCH3 is 1. The van der Waals surface area contributed by atoms with Gasteiger partial charge in [-0.15, -0.1) is 0 Å². The molecule has 6 nitrogen and oxygen atoms in total. The lowest BCUT2D eigenvalue weighted by Crippen LogP contribution is -2.15. The number of ether oxygens (including phenoxy) is 2. The zero-order valence-corrected chi connectivity index (χ0v) is 15.8. The Morgan fingerprint density at radius 1 is 1.20 bits per heavy atom. The van der Waals surface area contributed by atoms with Crippen LogP contribution in [0.4, 0.5) is 5.69 Å². The first-order chi connectivity index (χ1) is 12.1. The van der Waals surface area contributed by atoms with Gasteiger partial charge in [0, 0.05) is 28.7 Å². The molecule has 0 radical (unpaired) electrons. The number of hydrogen-bond acceptors (Lipinski definition) is 5. The van der Waals surface area contributed by atoms with E-state index in [2.05, 4.69) is 28.2 Å². The molecule has 2 rings (SSSR count). The minimum atomic E-state index is -0.417. The van der Waals surface area contributed by atoms with E-state index in [-0.39, 0.29) is 5.69 Å². The second-order valence-corrected chi connectivity index (χ2v) is 6.30. The van der Waals surface area contributed by atoms with E-state index in [1.807, 2.05) is 12.1 Å². The molecule has 0 heterocycles. The standard InChI is InChI=1S/C18H21BrN2O4/c1-3-10-20-11-15-16(19)8-9-17(24-2)18(15)25-12-13-4-6-14(7-5-13)21(22)23/h4-9,20H,3,10-12H2,1-2H3. The fraction of sp³-hybridized carbons (Fsp3) is 0.333. The molecular weight excluding hydrogens is 388 g/mol. The molecule has 0 aliphatic heterocycles. The second kappa shape index (κ2) is 9.39. The first kappa shape index (κ1) is 19.2. The molecule has 0 fully saturated rings. The van der Waals surface area contributed by atoms with Crippen molar-refractivity contribution in [2.24, 2.45) is 0 Å². The molecule has 0 aromatic heterocycles. The molecule has 0 atom stereocenters. The van der Waals surface area contributed by atoms with Gasteiger partial charge in [0.2, 0.25) is 0 Å². The van der Waals surface area contributed by atoms with Gasteiger partial charge in [-0.1, -0.05) is 22.9 Å². The van der Waals surface area contributed by atoms with Crippen LogP contribution in [0.5, 0.6) is 11.5 Å². The van der Waals surface area contributed by atoms with Crippen LogP contribution in [0.3, 0.4) is 0 Å². The molecule has 0 amide bonds. The summed E-state index contributed by atoms with van der Waals surface area (Å²) in [4.78, 5) is 10.3. The largest absolute Gasteiger partial charge is 0.493 e. The third-order valence-corrected chi connectivity index (χ3v) is 4.39. The van der Waals surface area contributed by atoms with Crippen LogP contribution in [0.25, 0.3) is 0 Å². The summed E-state index contributed by atoms with van der Waals surface area (Å²) in [7, 11) is 1.60. The Kier molecular flexibility index (Phi) is 7.21. The molecule has 7 heteroatoms. The van der Waals surface area contributed by atoms with Crippen LogP contribution in [0.2, 0.25) is 0 Å². The summed E-state index contributed by atoms with van der Waals surface area (Å²) >= 11 is 3.56. The zero-order chi connectivity index (χ0) is 18.2. The summed E-state index contributed by atoms with van der Waals surface area (Å²) in [5, 5.41) is 14.1. The average Bonchev–Trinajstić information content (AvgIpc) is 2.62. The molecule has 0 bridgehead atoms. The molecule has 2 aromatic rings. The van der Waals surface area contributed by atoms with Crippen molar-refractivity contribution < 1.29 is 14.4 Å². The molecule has 0 unspecified atom stereocenters. The molecule has 0 aliphatic carbocycles. The van der Waals surface area contributed by atoms with Crippen molar-refractivity contribution in [2.75, 3.05) is 13.7 Å². The molecule has 134 valence electrons. The Morgan fingerprint density at radius 3 is 2.52 bits per heavy atom. The van der Waals surface area contributed by atoms with Crippen molar-refractivity contribution in [3.8, 4) is 11.5 Å². The van der Waals surface area contributed by atoms with Crippen molar-refractivity contribution in [2.45, 2.75) is 26.5 Å². The lowest BCUT2D eigenvalue weighted by molar-refractivity contribution is -0.384. The number of rotatable bonds is 9. The topological polar surface area (TPSA) is 73.6 Å². The number of nitro benzene ring substituents is 1. The van der Waals surface area contributed by atoms with Gasteiger partial charge in [0.1, 0.15) is 6.61 Å². The third-order valence-electron chi connectivity index (χ3n) is 3.65. The quantitative estimate of drug-likeness (QED) is 0.377. The maximum absolute atomic E-state index is 10.7.